The maximum Gasteiger partial charge on any atom is 0.296 e. The van der Waals surface area contributed by atoms with Crippen molar-refractivity contribution in [2.45, 2.75) is 26.3 Å². The first-order chi connectivity index (χ1) is 11.0. The molecule has 2 amide bonds. The Hall–Kier alpha value is -2.32. The highest BCUT2D eigenvalue weighted by atomic mass is 16.5. The summed E-state index contributed by atoms with van der Waals surface area (Å²) in [5.41, 5.74) is 0.757. The molecule has 0 fully saturated rings. The van der Waals surface area contributed by atoms with Crippen LogP contribution >= 0.6 is 0 Å². The third-order valence-electron chi connectivity index (χ3n) is 3.03. The van der Waals surface area contributed by atoms with Crippen LogP contribution in [0.15, 0.2) is 30.3 Å². The van der Waals surface area contributed by atoms with Crippen LogP contribution in [-0.4, -0.2) is 38.1 Å². The number of ether oxygens (including phenoxy) is 1. The molecule has 2 N–H and O–H groups in total. The number of carbonyl (C=O) groups excluding carboxylic acids is 2. The van der Waals surface area contributed by atoms with E-state index in [0.717, 1.165) is 5.56 Å². The third-order valence-corrected chi connectivity index (χ3v) is 3.03. The summed E-state index contributed by atoms with van der Waals surface area (Å²) in [6.07, 6.45) is 0.553. The van der Waals surface area contributed by atoms with Crippen LogP contribution in [-0.2, 0) is 14.3 Å². The number of benzene rings is 1. The average molecular weight is 316 g/mol. The van der Waals surface area contributed by atoms with Crippen molar-refractivity contribution in [3.8, 4) is 11.8 Å². The molecule has 0 aliphatic carbocycles. The van der Waals surface area contributed by atoms with Gasteiger partial charge >= 0.3 is 0 Å². The number of hydrogen-bond acceptors (Lipinski definition) is 3. The first-order valence-electron chi connectivity index (χ1n) is 7.67. The highest BCUT2D eigenvalue weighted by Gasteiger charge is 2.20. The molecule has 0 aromatic heterocycles. The van der Waals surface area contributed by atoms with E-state index in [1.54, 1.807) is 7.11 Å². The maximum atomic E-state index is 12.1. The quantitative estimate of drug-likeness (QED) is 0.589. The average Bonchev–Trinajstić information content (AvgIpc) is 2.53. The molecule has 0 aliphatic rings. The van der Waals surface area contributed by atoms with E-state index in [2.05, 4.69) is 22.5 Å². The van der Waals surface area contributed by atoms with Crippen LogP contribution in [0.25, 0.3) is 0 Å². The minimum Gasteiger partial charge on any atom is -0.383 e. The van der Waals surface area contributed by atoms with E-state index < -0.39 is 11.9 Å². The van der Waals surface area contributed by atoms with Gasteiger partial charge in [0, 0.05) is 25.1 Å². The molecule has 0 radical (unpaired) electrons. The predicted molar refractivity (Wildman–Crippen MR) is 89.6 cm³/mol. The van der Waals surface area contributed by atoms with Gasteiger partial charge in [0.2, 0.25) is 5.91 Å². The summed E-state index contributed by atoms with van der Waals surface area (Å²) in [6, 6.07) is 8.64. The number of hydrogen-bond donors (Lipinski definition) is 2. The number of rotatable bonds is 7. The Labute approximate surface area is 137 Å². The SMILES string of the molecule is COCCNC(=O)[C@H](CC(C)C)NC(=O)C#Cc1ccccc1. The minimum absolute atomic E-state index is 0.217. The van der Waals surface area contributed by atoms with Crippen molar-refractivity contribution in [2.24, 2.45) is 5.92 Å². The molecule has 124 valence electrons. The van der Waals surface area contributed by atoms with Gasteiger partial charge in [-0.05, 0) is 24.5 Å². The highest BCUT2D eigenvalue weighted by molar-refractivity contribution is 5.97. The van der Waals surface area contributed by atoms with E-state index in [1.807, 2.05) is 44.2 Å². The Kier molecular flexibility index (Phi) is 8.48. The van der Waals surface area contributed by atoms with Crippen molar-refractivity contribution < 1.29 is 14.3 Å². The molecule has 5 heteroatoms. The molecule has 0 spiro atoms. The molecule has 23 heavy (non-hydrogen) atoms. The summed E-state index contributed by atoms with van der Waals surface area (Å²) in [6.45, 7) is 4.84. The van der Waals surface area contributed by atoms with Crippen LogP contribution in [0.3, 0.4) is 0 Å². The first kappa shape index (κ1) is 18.7. The minimum atomic E-state index is -0.593. The van der Waals surface area contributed by atoms with E-state index >= 15 is 0 Å². The van der Waals surface area contributed by atoms with Crippen LogP contribution in [0, 0.1) is 17.8 Å². The largest absolute Gasteiger partial charge is 0.383 e. The summed E-state index contributed by atoms with van der Waals surface area (Å²) >= 11 is 0. The lowest BCUT2D eigenvalue weighted by Gasteiger charge is -2.18. The van der Waals surface area contributed by atoms with Gasteiger partial charge in [0.05, 0.1) is 6.61 Å². The van der Waals surface area contributed by atoms with Gasteiger partial charge in [-0.3, -0.25) is 9.59 Å². The van der Waals surface area contributed by atoms with Crippen LogP contribution in [0.1, 0.15) is 25.8 Å². The molecule has 1 atom stereocenters. The molecule has 5 nitrogen and oxygen atoms in total. The van der Waals surface area contributed by atoms with Gasteiger partial charge in [0.1, 0.15) is 6.04 Å². The molecule has 0 heterocycles. The van der Waals surface area contributed by atoms with E-state index in [0.29, 0.717) is 19.6 Å². The van der Waals surface area contributed by atoms with Gasteiger partial charge in [-0.1, -0.05) is 38.0 Å². The van der Waals surface area contributed by atoms with Gasteiger partial charge in [0.15, 0.2) is 0 Å². The van der Waals surface area contributed by atoms with Gasteiger partial charge in [-0.25, -0.2) is 0 Å². The summed E-state index contributed by atoms with van der Waals surface area (Å²) < 4.78 is 4.90. The number of nitrogens with one attached hydrogen (secondary N) is 2. The van der Waals surface area contributed by atoms with Crippen molar-refractivity contribution in [1.82, 2.24) is 10.6 Å². The molecule has 0 aliphatic heterocycles. The summed E-state index contributed by atoms with van der Waals surface area (Å²) in [7, 11) is 1.57. The van der Waals surface area contributed by atoms with Crippen molar-refractivity contribution >= 4 is 11.8 Å². The second-order valence-electron chi connectivity index (χ2n) is 5.56. The van der Waals surface area contributed by atoms with Crippen molar-refractivity contribution in [3.63, 3.8) is 0 Å². The standard InChI is InChI=1S/C18H24N2O3/c1-14(2)13-16(18(22)19-11-12-23-3)20-17(21)10-9-15-7-5-4-6-8-15/h4-8,14,16H,11-13H2,1-3H3,(H,19,22)(H,20,21)/t16-/m0/s1. The van der Waals surface area contributed by atoms with Crippen molar-refractivity contribution in [3.05, 3.63) is 35.9 Å². The summed E-state index contributed by atoms with van der Waals surface area (Å²) in [5, 5.41) is 5.42. The molecular weight excluding hydrogens is 292 g/mol. The second kappa shape index (κ2) is 10.4. The van der Waals surface area contributed by atoms with Crippen molar-refractivity contribution in [2.75, 3.05) is 20.3 Å². The molecule has 1 rings (SSSR count). The molecule has 0 unspecified atom stereocenters. The first-order valence-corrected chi connectivity index (χ1v) is 7.67. The zero-order valence-corrected chi connectivity index (χ0v) is 13.9. The normalized spacial score (nSPS) is 11.3. The van der Waals surface area contributed by atoms with Gasteiger partial charge in [-0.2, -0.15) is 0 Å². The van der Waals surface area contributed by atoms with Crippen LogP contribution in [0.4, 0.5) is 0 Å². The van der Waals surface area contributed by atoms with Crippen molar-refractivity contribution in [1.29, 1.82) is 0 Å². The Balaban J connectivity index is 2.63. The smallest absolute Gasteiger partial charge is 0.296 e. The Morgan fingerprint density at radius 1 is 1.22 bits per heavy atom. The van der Waals surface area contributed by atoms with E-state index in [9.17, 15) is 9.59 Å². The third kappa shape index (κ3) is 8.03. The maximum absolute atomic E-state index is 12.1. The fourth-order valence-electron chi connectivity index (χ4n) is 1.95. The molecule has 0 saturated heterocycles. The lowest BCUT2D eigenvalue weighted by molar-refractivity contribution is -0.127. The zero-order chi connectivity index (χ0) is 17.1. The lowest BCUT2D eigenvalue weighted by Crippen LogP contribution is -2.47. The molecular formula is C18H24N2O3. The van der Waals surface area contributed by atoms with Gasteiger partial charge in [-0.15, -0.1) is 0 Å². The highest BCUT2D eigenvalue weighted by Crippen LogP contribution is 2.05. The molecule has 1 aromatic carbocycles. The topological polar surface area (TPSA) is 67.4 Å². The Morgan fingerprint density at radius 2 is 1.91 bits per heavy atom. The Morgan fingerprint density at radius 3 is 2.52 bits per heavy atom. The van der Waals surface area contributed by atoms with E-state index in [4.69, 9.17) is 4.74 Å². The number of amides is 2. The fourth-order valence-corrected chi connectivity index (χ4v) is 1.95. The van der Waals surface area contributed by atoms with E-state index in [-0.39, 0.29) is 11.8 Å². The summed E-state index contributed by atoms with van der Waals surface area (Å²) in [5.74, 6) is 4.90. The number of carbonyl (C=O) groups is 2. The van der Waals surface area contributed by atoms with Gasteiger partial charge in [0.25, 0.3) is 5.91 Å². The number of methoxy groups -OCH3 is 1. The molecule has 1 aromatic rings. The molecule has 0 bridgehead atoms. The van der Waals surface area contributed by atoms with Crippen LogP contribution in [0.2, 0.25) is 0 Å². The monoisotopic (exact) mass is 316 g/mol. The van der Waals surface area contributed by atoms with Gasteiger partial charge < -0.3 is 15.4 Å². The predicted octanol–water partition coefficient (Wildman–Crippen LogP) is 1.33. The van der Waals surface area contributed by atoms with Crippen LogP contribution < -0.4 is 10.6 Å². The van der Waals surface area contributed by atoms with Crippen LogP contribution in [0.5, 0.6) is 0 Å². The Bertz CT molecular complexity index is 559. The zero-order valence-electron chi connectivity index (χ0n) is 13.9. The van der Waals surface area contributed by atoms with E-state index in [1.165, 1.54) is 0 Å². The second-order valence-corrected chi connectivity index (χ2v) is 5.56. The molecule has 0 saturated carbocycles. The lowest BCUT2D eigenvalue weighted by atomic mass is 10.0. The fraction of sp³-hybridized carbons (Fsp3) is 0.444. The summed E-state index contributed by atoms with van der Waals surface area (Å²) in [4.78, 5) is 24.1.